The summed E-state index contributed by atoms with van der Waals surface area (Å²) in [5.74, 6) is -0.392. The van der Waals surface area contributed by atoms with E-state index in [2.05, 4.69) is 24.5 Å². The number of carbonyl (C=O) groups is 3. The van der Waals surface area contributed by atoms with Gasteiger partial charge in [0.15, 0.2) is 0 Å². The Kier molecular flexibility index (Phi) is 10.4. The summed E-state index contributed by atoms with van der Waals surface area (Å²) in [7, 11) is 0. The van der Waals surface area contributed by atoms with Gasteiger partial charge < -0.3 is 25.4 Å². The van der Waals surface area contributed by atoms with Crippen LogP contribution in [0.2, 0.25) is 0 Å². The molecule has 1 aliphatic carbocycles. The Morgan fingerprint density at radius 2 is 1.78 bits per heavy atom. The van der Waals surface area contributed by atoms with E-state index in [-0.39, 0.29) is 41.5 Å². The summed E-state index contributed by atoms with van der Waals surface area (Å²) in [5, 5.41) is 16.0. The summed E-state index contributed by atoms with van der Waals surface area (Å²) in [6, 6.07) is 3.08. The average molecular weight is 518 g/mol. The number of aryl methyl sites for hydroxylation is 1. The Morgan fingerprint density at radius 1 is 1.16 bits per heavy atom. The van der Waals surface area contributed by atoms with Crippen molar-refractivity contribution < 1.29 is 24.2 Å². The van der Waals surface area contributed by atoms with Crippen molar-refractivity contribution in [1.82, 2.24) is 15.5 Å². The molecule has 1 aromatic carbocycles. The molecule has 1 aliphatic rings. The second kappa shape index (κ2) is 12.7. The Balaban J connectivity index is 2.54. The van der Waals surface area contributed by atoms with E-state index < -0.39 is 23.8 Å². The van der Waals surface area contributed by atoms with Crippen LogP contribution in [0.4, 0.5) is 4.79 Å². The summed E-state index contributed by atoms with van der Waals surface area (Å²) >= 11 is 0. The van der Waals surface area contributed by atoms with Gasteiger partial charge in [0.05, 0.1) is 0 Å². The molecule has 0 heterocycles. The SMILES string of the molecule is CCCC(C)NC(=O)C(c1ccc(O)c(C)c1)N(C(=O)C(NC(=O)OC(C)(C)C)C(C)CC)C1CC1C. The van der Waals surface area contributed by atoms with Crippen molar-refractivity contribution in [1.29, 1.82) is 0 Å². The number of rotatable bonds is 11. The zero-order valence-electron chi connectivity index (χ0n) is 24.1. The number of phenols is 1. The fourth-order valence-electron chi connectivity index (χ4n) is 4.56. The maximum atomic E-state index is 14.3. The molecule has 1 fully saturated rings. The van der Waals surface area contributed by atoms with Crippen molar-refractivity contribution in [3.63, 3.8) is 0 Å². The van der Waals surface area contributed by atoms with E-state index >= 15 is 0 Å². The molecule has 208 valence electrons. The lowest BCUT2D eigenvalue weighted by Crippen LogP contribution is -2.56. The first-order valence-electron chi connectivity index (χ1n) is 13.6. The van der Waals surface area contributed by atoms with Crippen molar-refractivity contribution in [2.75, 3.05) is 0 Å². The van der Waals surface area contributed by atoms with Crippen molar-refractivity contribution in [2.45, 2.75) is 118 Å². The second-order valence-corrected chi connectivity index (χ2v) is 11.7. The predicted molar refractivity (Wildman–Crippen MR) is 145 cm³/mol. The number of hydrogen-bond donors (Lipinski definition) is 3. The molecular formula is C29H47N3O5. The van der Waals surface area contributed by atoms with Crippen LogP contribution in [0.15, 0.2) is 18.2 Å². The number of benzene rings is 1. The van der Waals surface area contributed by atoms with Gasteiger partial charge in [0.2, 0.25) is 11.8 Å². The largest absolute Gasteiger partial charge is 0.508 e. The zero-order valence-corrected chi connectivity index (χ0v) is 24.1. The molecule has 6 unspecified atom stereocenters. The van der Waals surface area contributed by atoms with E-state index in [0.717, 1.165) is 19.3 Å². The maximum absolute atomic E-state index is 14.3. The molecule has 37 heavy (non-hydrogen) atoms. The molecular weight excluding hydrogens is 470 g/mol. The zero-order chi connectivity index (χ0) is 28.1. The number of phenolic OH excluding ortho intramolecular Hbond substituents is 1. The first-order valence-corrected chi connectivity index (χ1v) is 13.6. The van der Waals surface area contributed by atoms with Gasteiger partial charge in [-0.25, -0.2) is 4.79 Å². The van der Waals surface area contributed by atoms with Gasteiger partial charge in [-0.05, 0) is 82.6 Å². The van der Waals surface area contributed by atoms with E-state index in [0.29, 0.717) is 17.5 Å². The van der Waals surface area contributed by atoms with Crippen LogP contribution in [-0.4, -0.2) is 51.6 Å². The second-order valence-electron chi connectivity index (χ2n) is 11.7. The van der Waals surface area contributed by atoms with E-state index in [1.54, 1.807) is 50.8 Å². The number of ether oxygens (including phenoxy) is 1. The normalized spacial score (nSPS) is 20.2. The Morgan fingerprint density at radius 3 is 2.27 bits per heavy atom. The van der Waals surface area contributed by atoms with E-state index in [1.165, 1.54) is 0 Å². The molecule has 0 spiro atoms. The molecule has 3 N–H and O–H groups in total. The number of nitrogens with one attached hydrogen (secondary N) is 2. The topological polar surface area (TPSA) is 108 Å². The van der Waals surface area contributed by atoms with Crippen molar-refractivity contribution >= 4 is 17.9 Å². The third kappa shape index (κ3) is 8.37. The number of alkyl carbamates (subject to hydrolysis) is 1. The summed E-state index contributed by atoms with van der Waals surface area (Å²) < 4.78 is 5.46. The van der Waals surface area contributed by atoms with Crippen LogP contribution in [0.1, 0.15) is 98.2 Å². The van der Waals surface area contributed by atoms with Gasteiger partial charge in [-0.2, -0.15) is 0 Å². The lowest BCUT2D eigenvalue weighted by Gasteiger charge is -2.37. The molecule has 1 saturated carbocycles. The number of amides is 3. The lowest BCUT2D eigenvalue weighted by molar-refractivity contribution is -0.144. The highest BCUT2D eigenvalue weighted by atomic mass is 16.6. The van der Waals surface area contributed by atoms with E-state index in [4.69, 9.17) is 4.74 Å². The van der Waals surface area contributed by atoms with Crippen LogP contribution in [-0.2, 0) is 14.3 Å². The van der Waals surface area contributed by atoms with Crippen molar-refractivity contribution in [2.24, 2.45) is 11.8 Å². The summed E-state index contributed by atoms with van der Waals surface area (Å²) in [6.07, 6.45) is 2.51. The molecule has 0 aromatic heterocycles. The Bertz CT molecular complexity index is 957. The highest BCUT2D eigenvalue weighted by molar-refractivity contribution is 5.93. The van der Waals surface area contributed by atoms with Crippen LogP contribution in [0.25, 0.3) is 0 Å². The highest BCUT2D eigenvalue weighted by Gasteiger charge is 2.49. The number of nitrogens with zero attached hydrogens (tertiary/aromatic N) is 1. The molecule has 3 amide bonds. The van der Waals surface area contributed by atoms with Gasteiger partial charge in [-0.3, -0.25) is 9.59 Å². The van der Waals surface area contributed by atoms with Crippen LogP contribution in [0, 0.1) is 18.8 Å². The van der Waals surface area contributed by atoms with Gasteiger partial charge in [-0.1, -0.05) is 46.6 Å². The average Bonchev–Trinajstić information content (AvgIpc) is 3.51. The molecule has 8 nitrogen and oxygen atoms in total. The fraction of sp³-hybridized carbons (Fsp3) is 0.690. The number of hydrogen-bond acceptors (Lipinski definition) is 5. The maximum Gasteiger partial charge on any atom is 0.408 e. The Hall–Kier alpha value is -2.77. The molecule has 8 heteroatoms. The van der Waals surface area contributed by atoms with Crippen LogP contribution in [0.5, 0.6) is 5.75 Å². The molecule has 6 atom stereocenters. The molecule has 0 aliphatic heterocycles. The third-order valence-electron chi connectivity index (χ3n) is 7.00. The summed E-state index contributed by atoms with van der Waals surface area (Å²) in [6.45, 7) is 17.0. The number of aromatic hydroxyl groups is 1. The van der Waals surface area contributed by atoms with E-state index in [1.807, 2.05) is 20.8 Å². The minimum Gasteiger partial charge on any atom is -0.508 e. The molecule has 0 saturated heterocycles. The van der Waals surface area contributed by atoms with Crippen LogP contribution < -0.4 is 10.6 Å². The first-order chi connectivity index (χ1) is 17.2. The lowest BCUT2D eigenvalue weighted by atomic mass is 9.94. The number of carbonyl (C=O) groups excluding carboxylic acids is 3. The van der Waals surface area contributed by atoms with Gasteiger partial charge in [0, 0.05) is 12.1 Å². The Labute approximate surface area is 222 Å². The van der Waals surface area contributed by atoms with E-state index in [9.17, 15) is 19.5 Å². The first kappa shape index (κ1) is 30.5. The monoisotopic (exact) mass is 517 g/mol. The molecule has 2 rings (SSSR count). The van der Waals surface area contributed by atoms with Gasteiger partial charge in [0.1, 0.15) is 23.4 Å². The standard InChI is InChI=1S/C29H47N3O5/c1-10-12-20(6)30-26(34)25(21-13-14-23(33)19(5)15-21)32(22-16-18(22)4)27(35)24(17(3)11-2)31-28(36)37-29(7,8)9/h13-15,17-18,20,22,24-25,33H,10-12,16H2,1-9H3,(H,30,34)(H,31,36). The predicted octanol–water partition coefficient (Wildman–Crippen LogP) is 5.22. The smallest absolute Gasteiger partial charge is 0.408 e. The van der Waals surface area contributed by atoms with Crippen LogP contribution in [0.3, 0.4) is 0 Å². The third-order valence-corrected chi connectivity index (χ3v) is 7.00. The quantitative estimate of drug-likeness (QED) is 0.373. The summed E-state index contributed by atoms with van der Waals surface area (Å²) in [5.41, 5.74) is 0.543. The minimum atomic E-state index is -0.895. The summed E-state index contributed by atoms with van der Waals surface area (Å²) in [4.78, 5) is 42.5. The van der Waals surface area contributed by atoms with Crippen LogP contribution >= 0.6 is 0 Å². The fourth-order valence-corrected chi connectivity index (χ4v) is 4.56. The van der Waals surface area contributed by atoms with Gasteiger partial charge in [-0.15, -0.1) is 0 Å². The molecule has 0 bridgehead atoms. The van der Waals surface area contributed by atoms with Gasteiger partial charge in [0.25, 0.3) is 0 Å². The van der Waals surface area contributed by atoms with Crippen molar-refractivity contribution in [3.05, 3.63) is 29.3 Å². The molecule has 1 aromatic rings. The minimum absolute atomic E-state index is 0.0583. The molecule has 0 radical (unpaired) electrons. The van der Waals surface area contributed by atoms with Crippen molar-refractivity contribution in [3.8, 4) is 5.75 Å². The van der Waals surface area contributed by atoms with Gasteiger partial charge >= 0.3 is 6.09 Å². The highest BCUT2D eigenvalue weighted by Crippen LogP contribution is 2.41.